The number of aliphatic hydroxyl groups excluding tert-OH is 2. The predicted molar refractivity (Wildman–Crippen MR) is 126 cm³/mol. The van der Waals surface area contributed by atoms with E-state index in [1.807, 2.05) is 25.7 Å². The lowest BCUT2D eigenvalue weighted by molar-refractivity contribution is -0.147. The molecule has 0 spiro atoms. The Kier molecular flexibility index (Phi) is 6.34. The lowest BCUT2D eigenvalue weighted by Crippen LogP contribution is -2.57. The van der Waals surface area contributed by atoms with Crippen LogP contribution in [0.5, 0.6) is 0 Å². The summed E-state index contributed by atoms with van der Waals surface area (Å²) in [5.41, 5.74) is 1.44. The minimum absolute atomic E-state index is 0.00337. The molecule has 0 saturated heterocycles. The zero-order valence-corrected chi connectivity index (χ0v) is 20.6. The zero-order valence-electron chi connectivity index (χ0n) is 18.9. The molecule has 2 N–H and O–H groups in total. The fourth-order valence-corrected chi connectivity index (χ4v) is 7.92. The first-order valence-corrected chi connectivity index (χ1v) is 13.1. The molecule has 1 saturated carbocycles. The van der Waals surface area contributed by atoms with E-state index in [-0.39, 0.29) is 29.8 Å². The van der Waals surface area contributed by atoms with E-state index in [1.165, 1.54) is 4.88 Å². The van der Waals surface area contributed by atoms with Gasteiger partial charge in [0.25, 0.3) is 0 Å². The highest BCUT2D eigenvalue weighted by molar-refractivity contribution is 7.15. The van der Waals surface area contributed by atoms with Crippen LogP contribution in [0.1, 0.15) is 63.4 Å². The SMILES string of the molecule is CCN(CC)C(=O)CC1c2nc(-c3ccsc3)sc2CC2C(C)(CO)C(O)CCC12C. The number of hydrogen-bond acceptors (Lipinski definition) is 6. The van der Waals surface area contributed by atoms with Crippen LogP contribution in [0.25, 0.3) is 10.6 Å². The van der Waals surface area contributed by atoms with E-state index in [0.717, 1.165) is 29.1 Å². The largest absolute Gasteiger partial charge is 0.396 e. The van der Waals surface area contributed by atoms with Crippen LogP contribution in [0.2, 0.25) is 0 Å². The third-order valence-electron chi connectivity index (χ3n) is 8.16. The maximum atomic E-state index is 13.2. The first kappa shape index (κ1) is 22.9. The van der Waals surface area contributed by atoms with Gasteiger partial charge >= 0.3 is 0 Å². The van der Waals surface area contributed by atoms with Gasteiger partial charge in [0, 0.05) is 46.7 Å². The molecular formula is C24H34N2O3S2. The first-order chi connectivity index (χ1) is 14.8. The number of nitrogens with zero attached hydrogens (tertiary/aromatic N) is 2. The Hall–Kier alpha value is -1.28. The summed E-state index contributed by atoms with van der Waals surface area (Å²) >= 11 is 3.38. The Morgan fingerprint density at radius 2 is 2.06 bits per heavy atom. The molecule has 0 aliphatic heterocycles. The molecule has 2 aliphatic rings. The molecule has 5 unspecified atom stereocenters. The van der Waals surface area contributed by atoms with E-state index < -0.39 is 11.5 Å². The lowest BCUT2D eigenvalue weighted by atomic mass is 9.47. The van der Waals surface area contributed by atoms with Crippen LogP contribution >= 0.6 is 22.7 Å². The van der Waals surface area contributed by atoms with Crippen molar-refractivity contribution in [2.45, 2.75) is 65.4 Å². The van der Waals surface area contributed by atoms with Crippen molar-refractivity contribution in [3.63, 3.8) is 0 Å². The molecular weight excluding hydrogens is 428 g/mol. The zero-order chi connectivity index (χ0) is 22.4. The smallest absolute Gasteiger partial charge is 0.223 e. The van der Waals surface area contributed by atoms with Crippen molar-refractivity contribution in [2.24, 2.45) is 16.7 Å². The number of thiophene rings is 1. The average Bonchev–Trinajstić information content (AvgIpc) is 3.43. The molecule has 5 nitrogen and oxygen atoms in total. The lowest BCUT2D eigenvalue weighted by Gasteiger charge is -2.58. The highest BCUT2D eigenvalue weighted by Gasteiger charge is 2.59. The predicted octanol–water partition coefficient (Wildman–Crippen LogP) is 4.55. The molecule has 0 aromatic carbocycles. The van der Waals surface area contributed by atoms with Crippen LogP contribution in [0, 0.1) is 16.7 Å². The van der Waals surface area contributed by atoms with Gasteiger partial charge in [-0.25, -0.2) is 4.98 Å². The Bertz CT molecular complexity index is 923. The number of hydrogen-bond donors (Lipinski definition) is 2. The minimum Gasteiger partial charge on any atom is -0.396 e. The van der Waals surface area contributed by atoms with Gasteiger partial charge in [0.15, 0.2) is 0 Å². The van der Waals surface area contributed by atoms with E-state index in [0.29, 0.717) is 25.9 Å². The van der Waals surface area contributed by atoms with Crippen molar-refractivity contribution in [1.29, 1.82) is 0 Å². The molecule has 2 aliphatic carbocycles. The summed E-state index contributed by atoms with van der Waals surface area (Å²) in [7, 11) is 0. The van der Waals surface area contributed by atoms with Crippen molar-refractivity contribution >= 4 is 28.6 Å². The standard InChI is InChI=1S/C24H34N2O3S2/c1-5-26(6-2)20(29)11-16-21-17(31-22(25-21)15-8-10-30-13-15)12-18-23(16,3)9-7-19(28)24(18,4)14-27/h8,10,13,16,18-19,27-28H,5-7,9,11-12,14H2,1-4H3. The van der Waals surface area contributed by atoms with Crippen LogP contribution in [-0.4, -0.2) is 51.8 Å². The van der Waals surface area contributed by atoms with Gasteiger partial charge in [-0.1, -0.05) is 13.8 Å². The topological polar surface area (TPSA) is 73.7 Å². The van der Waals surface area contributed by atoms with Gasteiger partial charge in [-0.2, -0.15) is 11.3 Å². The number of thiazole rings is 1. The summed E-state index contributed by atoms with van der Waals surface area (Å²) in [6.45, 7) is 9.71. The summed E-state index contributed by atoms with van der Waals surface area (Å²) in [6.07, 6.45) is 2.20. The Balaban J connectivity index is 1.81. The number of carbonyl (C=O) groups excluding carboxylic acids is 1. The van der Waals surface area contributed by atoms with E-state index in [9.17, 15) is 15.0 Å². The van der Waals surface area contributed by atoms with E-state index >= 15 is 0 Å². The summed E-state index contributed by atoms with van der Waals surface area (Å²) in [5.74, 6) is 0.271. The van der Waals surface area contributed by atoms with Gasteiger partial charge in [-0.15, -0.1) is 11.3 Å². The highest BCUT2D eigenvalue weighted by Crippen LogP contribution is 2.63. The molecule has 0 radical (unpaired) electrons. The maximum absolute atomic E-state index is 13.2. The number of amides is 1. The highest BCUT2D eigenvalue weighted by atomic mass is 32.1. The van der Waals surface area contributed by atoms with Crippen molar-refractivity contribution in [2.75, 3.05) is 19.7 Å². The monoisotopic (exact) mass is 462 g/mol. The number of aliphatic hydroxyl groups is 2. The van der Waals surface area contributed by atoms with Crippen LogP contribution in [-0.2, 0) is 11.2 Å². The Morgan fingerprint density at radius 3 is 2.68 bits per heavy atom. The molecule has 0 bridgehead atoms. The summed E-state index contributed by atoms with van der Waals surface area (Å²) in [6, 6.07) is 2.10. The normalized spacial score (nSPS) is 32.4. The summed E-state index contributed by atoms with van der Waals surface area (Å²) in [5, 5.41) is 26.4. The van der Waals surface area contributed by atoms with Crippen LogP contribution in [0.4, 0.5) is 0 Å². The molecule has 2 aromatic rings. The third-order valence-corrected chi connectivity index (χ3v) is 9.98. The van der Waals surface area contributed by atoms with Gasteiger partial charge in [0.1, 0.15) is 5.01 Å². The van der Waals surface area contributed by atoms with Gasteiger partial charge in [0.2, 0.25) is 5.91 Å². The molecule has 7 heteroatoms. The van der Waals surface area contributed by atoms with E-state index in [4.69, 9.17) is 4.98 Å². The van der Waals surface area contributed by atoms with Crippen molar-refractivity contribution in [3.8, 4) is 10.6 Å². The number of rotatable bonds is 6. The second kappa shape index (κ2) is 8.58. The Labute approximate surface area is 193 Å². The second-order valence-electron chi connectivity index (χ2n) is 9.64. The van der Waals surface area contributed by atoms with Crippen LogP contribution in [0.15, 0.2) is 16.8 Å². The average molecular weight is 463 g/mol. The molecule has 31 heavy (non-hydrogen) atoms. The van der Waals surface area contributed by atoms with Gasteiger partial charge < -0.3 is 15.1 Å². The van der Waals surface area contributed by atoms with Gasteiger partial charge in [0.05, 0.1) is 18.4 Å². The van der Waals surface area contributed by atoms with Gasteiger partial charge in [-0.3, -0.25) is 4.79 Å². The molecule has 4 rings (SSSR count). The van der Waals surface area contributed by atoms with E-state index in [2.05, 4.69) is 23.8 Å². The molecule has 2 aromatic heterocycles. The fourth-order valence-electron chi connectivity index (χ4n) is 6.04. The molecule has 5 atom stereocenters. The first-order valence-electron chi connectivity index (χ1n) is 11.4. The van der Waals surface area contributed by atoms with Crippen molar-refractivity contribution in [3.05, 3.63) is 27.4 Å². The van der Waals surface area contributed by atoms with Crippen molar-refractivity contribution in [1.82, 2.24) is 9.88 Å². The summed E-state index contributed by atoms with van der Waals surface area (Å²) in [4.78, 5) is 21.5. The maximum Gasteiger partial charge on any atom is 0.223 e. The summed E-state index contributed by atoms with van der Waals surface area (Å²) < 4.78 is 0. The molecule has 1 fully saturated rings. The Morgan fingerprint density at radius 1 is 1.32 bits per heavy atom. The number of fused-ring (bicyclic) bond motifs is 2. The molecule has 170 valence electrons. The van der Waals surface area contributed by atoms with Crippen LogP contribution < -0.4 is 0 Å². The number of aromatic nitrogens is 1. The fraction of sp³-hybridized carbons (Fsp3) is 0.667. The minimum atomic E-state index is -0.576. The van der Waals surface area contributed by atoms with Crippen molar-refractivity contribution < 1.29 is 15.0 Å². The third kappa shape index (κ3) is 3.67. The van der Waals surface area contributed by atoms with Gasteiger partial charge in [-0.05, 0) is 55.9 Å². The molecule has 1 amide bonds. The van der Waals surface area contributed by atoms with E-state index in [1.54, 1.807) is 22.7 Å². The number of carbonyl (C=O) groups is 1. The van der Waals surface area contributed by atoms with Crippen LogP contribution in [0.3, 0.4) is 0 Å². The quantitative estimate of drug-likeness (QED) is 0.661. The molecule has 2 heterocycles. The second-order valence-corrected chi connectivity index (χ2v) is 11.5.